The van der Waals surface area contributed by atoms with Crippen LogP contribution in [0.1, 0.15) is 17.5 Å². The third-order valence-electron chi connectivity index (χ3n) is 4.78. The Bertz CT molecular complexity index is 983. The fourth-order valence-electron chi connectivity index (χ4n) is 3.29. The normalized spacial score (nSPS) is 17.9. The number of amides is 1. The van der Waals surface area contributed by atoms with Crippen molar-refractivity contribution in [3.63, 3.8) is 0 Å². The summed E-state index contributed by atoms with van der Waals surface area (Å²) in [5.41, 5.74) is 1.91. The molecule has 1 fully saturated rings. The van der Waals surface area contributed by atoms with E-state index in [1.165, 1.54) is 6.08 Å². The Morgan fingerprint density at radius 3 is 2.66 bits per heavy atom. The third kappa shape index (κ3) is 6.06. The number of carbonyl (C=O) groups is 1. The van der Waals surface area contributed by atoms with E-state index in [0.717, 1.165) is 11.1 Å². The molecule has 1 heterocycles. The first-order valence-electron chi connectivity index (χ1n) is 9.53. The Hall–Kier alpha value is -2.86. The largest absolute Gasteiger partial charge is 0.489 e. The Kier molecular flexibility index (Phi) is 6.88. The lowest BCUT2D eigenvalue weighted by molar-refractivity contribution is -0.127. The summed E-state index contributed by atoms with van der Waals surface area (Å²) in [6.45, 7) is 4.47. The number of hydrogen-bond donors (Lipinski definition) is 0. The maximum Gasteiger partial charge on any atom is 0.247 e. The van der Waals surface area contributed by atoms with Gasteiger partial charge in [0.2, 0.25) is 5.91 Å². The third-order valence-corrected chi connectivity index (χ3v) is 6.53. The van der Waals surface area contributed by atoms with E-state index in [-0.39, 0.29) is 23.5 Å². The predicted molar refractivity (Wildman–Crippen MR) is 115 cm³/mol. The van der Waals surface area contributed by atoms with Gasteiger partial charge in [-0.3, -0.25) is 4.79 Å². The van der Waals surface area contributed by atoms with Crippen molar-refractivity contribution in [2.24, 2.45) is 0 Å². The number of benzene rings is 2. The highest BCUT2D eigenvalue weighted by atomic mass is 32.2. The lowest BCUT2D eigenvalue weighted by Crippen LogP contribution is -2.40. The topological polar surface area (TPSA) is 63.7 Å². The number of nitrogens with zero attached hydrogens (tertiary/aromatic N) is 1. The zero-order valence-electron chi connectivity index (χ0n) is 16.2. The molecule has 5 nitrogen and oxygen atoms in total. The van der Waals surface area contributed by atoms with E-state index >= 15 is 0 Å². The summed E-state index contributed by atoms with van der Waals surface area (Å²) in [7, 11) is -3.06. The van der Waals surface area contributed by atoms with Crippen molar-refractivity contribution in [2.75, 3.05) is 18.1 Å². The summed E-state index contributed by atoms with van der Waals surface area (Å²) in [4.78, 5) is 14.2. The Morgan fingerprint density at radius 1 is 1.17 bits per heavy atom. The van der Waals surface area contributed by atoms with Gasteiger partial charge in [0.15, 0.2) is 9.84 Å². The minimum absolute atomic E-state index is 0.0171. The summed E-state index contributed by atoms with van der Waals surface area (Å²) in [5.74, 6) is 0.641. The molecule has 1 saturated heterocycles. The van der Waals surface area contributed by atoms with Crippen LogP contribution in [0.3, 0.4) is 0 Å². The average Bonchev–Trinajstić information content (AvgIpc) is 3.09. The molecule has 6 heteroatoms. The first kappa shape index (κ1) is 20.9. The monoisotopic (exact) mass is 411 g/mol. The highest BCUT2D eigenvalue weighted by Gasteiger charge is 2.33. The molecular weight excluding hydrogens is 386 g/mol. The molecular formula is C23H25NO4S. The van der Waals surface area contributed by atoms with Gasteiger partial charge in [-0.2, -0.15) is 0 Å². The molecule has 2 aromatic carbocycles. The lowest BCUT2D eigenvalue weighted by atomic mass is 10.1. The fraction of sp³-hybridized carbons (Fsp3) is 0.261. The highest BCUT2D eigenvalue weighted by Crippen LogP contribution is 2.19. The van der Waals surface area contributed by atoms with Crippen molar-refractivity contribution >= 4 is 21.8 Å². The molecule has 0 saturated carbocycles. The van der Waals surface area contributed by atoms with Crippen LogP contribution in [0.25, 0.3) is 6.08 Å². The molecule has 0 aliphatic carbocycles. The number of ether oxygens (including phenoxy) is 1. The Labute approximate surface area is 172 Å². The summed E-state index contributed by atoms with van der Waals surface area (Å²) < 4.78 is 29.3. The quantitative estimate of drug-likeness (QED) is 0.493. The van der Waals surface area contributed by atoms with Gasteiger partial charge in [0.1, 0.15) is 12.4 Å². The van der Waals surface area contributed by atoms with Gasteiger partial charge >= 0.3 is 0 Å². The summed E-state index contributed by atoms with van der Waals surface area (Å²) >= 11 is 0. The molecule has 0 spiro atoms. The van der Waals surface area contributed by atoms with Crippen molar-refractivity contribution < 1.29 is 17.9 Å². The Balaban J connectivity index is 1.64. The van der Waals surface area contributed by atoms with Gasteiger partial charge in [-0.05, 0) is 35.8 Å². The second kappa shape index (κ2) is 9.56. The molecule has 1 aliphatic heterocycles. The fourth-order valence-corrected chi connectivity index (χ4v) is 5.02. The summed E-state index contributed by atoms with van der Waals surface area (Å²) in [6, 6.07) is 17.1. The molecule has 0 bridgehead atoms. The minimum Gasteiger partial charge on any atom is -0.489 e. The number of rotatable bonds is 8. The van der Waals surface area contributed by atoms with Gasteiger partial charge < -0.3 is 9.64 Å². The van der Waals surface area contributed by atoms with Crippen LogP contribution in [0.2, 0.25) is 0 Å². The van der Waals surface area contributed by atoms with E-state index in [0.29, 0.717) is 25.3 Å². The maximum atomic E-state index is 12.7. The Morgan fingerprint density at radius 2 is 1.97 bits per heavy atom. The van der Waals surface area contributed by atoms with E-state index in [1.54, 1.807) is 17.1 Å². The van der Waals surface area contributed by atoms with E-state index in [2.05, 4.69) is 6.58 Å². The van der Waals surface area contributed by atoms with E-state index in [1.807, 2.05) is 54.6 Å². The summed E-state index contributed by atoms with van der Waals surface area (Å²) in [6.07, 6.45) is 5.29. The van der Waals surface area contributed by atoms with Crippen LogP contribution in [-0.2, 0) is 21.2 Å². The maximum absolute atomic E-state index is 12.7. The standard InChI is InChI=1S/C23H25NO4S/c1-2-14-24(21-13-15-29(26,27)18-21)23(25)12-11-19-9-6-10-22(16-19)28-17-20-7-4-3-5-8-20/h2-12,16,21H,1,13-15,17-18H2/b12-11+. The van der Waals surface area contributed by atoms with Crippen molar-refractivity contribution in [3.8, 4) is 5.75 Å². The SMILES string of the molecule is C=CCN(C(=O)/C=C/c1cccc(OCc2ccccc2)c1)C1CCS(=O)(=O)C1. The van der Waals surface area contributed by atoms with Gasteiger partial charge in [-0.15, -0.1) is 6.58 Å². The van der Waals surface area contributed by atoms with Crippen LogP contribution in [0, 0.1) is 0 Å². The van der Waals surface area contributed by atoms with Crippen LogP contribution in [0.5, 0.6) is 5.75 Å². The molecule has 152 valence electrons. The van der Waals surface area contributed by atoms with Gasteiger partial charge in [0.25, 0.3) is 0 Å². The van der Waals surface area contributed by atoms with Crippen molar-refractivity contribution in [3.05, 3.63) is 84.5 Å². The molecule has 0 radical (unpaired) electrons. The average molecular weight is 412 g/mol. The van der Waals surface area contributed by atoms with E-state index < -0.39 is 9.84 Å². The van der Waals surface area contributed by atoms with Crippen molar-refractivity contribution in [1.29, 1.82) is 0 Å². The smallest absolute Gasteiger partial charge is 0.247 e. The van der Waals surface area contributed by atoms with Crippen molar-refractivity contribution in [1.82, 2.24) is 4.90 Å². The first-order chi connectivity index (χ1) is 14.0. The lowest BCUT2D eigenvalue weighted by Gasteiger charge is -2.25. The van der Waals surface area contributed by atoms with Gasteiger partial charge in [0.05, 0.1) is 11.5 Å². The molecule has 29 heavy (non-hydrogen) atoms. The molecule has 1 amide bonds. The molecule has 0 N–H and O–H groups in total. The highest BCUT2D eigenvalue weighted by molar-refractivity contribution is 7.91. The van der Waals surface area contributed by atoms with E-state index in [4.69, 9.17) is 4.74 Å². The zero-order chi connectivity index (χ0) is 20.7. The molecule has 1 unspecified atom stereocenters. The molecule has 1 atom stereocenters. The van der Waals surface area contributed by atoms with Crippen LogP contribution in [0.15, 0.2) is 73.3 Å². The van der Waals surface area contributed by atoms with Gasteiger partial charge in [-0.25, -0.2) is 8.42 Å². The number of sulfone groups is 1. The number of carbonyl (C=O) groups excluding carboxylic acids is 1. The molecule has 1 aliphatic rings. The molecule has 2 aromatic rings. The second-order valence-corrected chi connectivity index (χ2v) is 9.24. The van der Waals surface area contributed by atoms with Crippen molar-refractivity contribution in [2.45, 2.75) is 19.1 Å². The zero-order valence-corrected chi connectivity index (χ0v) is 17.1. The minimum atomic E-state index is -3.06. The second-order valence-electron chi connectivity index (χ2n) is 7.02. The van der Waals surface area contributed by atoms with Crippen LogP contribution in [-0.4, -0.2) is 43.3 Å². The first-order valence-corrected chi connectivity index (χ1v) is 11.4. The van der Waals surface area contributed by atoms with Crippen LogP contribution < -0.4 is 4.74 Å². The van der Waals surface area contributed by atoms with Gasteiger partial charge in [-0.1, -0.05) is 48.5 Å². The summed E-state index contributed by atoms with van der Waals surface area (Å²) in [5, 5.41) is 0. The molecule has 0 aromatic heterocycles. The van der Waals surface area contributed by atoms with E-state index in [9.17, 15) is 13.2 Å². The predicted octanol–water partition coefficient (Wildman–Crippen LogP) is 3.48. The molecule has 3 rings (SSSR count). The number of hydrogen-bond acceptors (Lipinski definition) is 4. The van der Waals surface area contributed by atoms with Crippen LogP contribution in [0.4, 0.5) is 0 Å². The van der Waals surface area contributed by atoms with Crippen LogP contribution >= 0.6 is 0 Å². The van der Waals surface area contributed by atoms with Gasteiger partial charge in [0, 0.05) is 18.7 Å².